The fourth-order valence-corrected chi connectivity index (χ4v) is 3.25. The fourth-order valence-electron chi connectivity index (χ4n) is 3.25. The highest BCUT2D eigenvalue weighted by Crippen LogP contribution is 2.29. The van der Waals surface area contributed by atoms with Crippen molar-refractivity contribution in [1.82, 2.24) is 20.4 Å². The van der Waals surface area contributed by atoms with Gasteiger partial charge in [-0.3, -0.25) is 19.6 Å². The average molecular weight is 380 g/mol. The van der Waals surface area contributed by atoms with Crippen LogP contribution < -0.4 is 10.6 Å². The van der Waals surface area contributed by atoms with Crippen LogP contribution in [-0.2, 0) is 11.8 Å². The summed E-state index contributed by atoms with van der Waals surface area (Å²) in [6.45, 7) is 3.17. The first-order chi connectivity index (χ1) is 12.0. The van der Waals surface area contributed by atoms with E-state index in [0.29, 0.717) is 12.1 Å². The summed E-state index contributed by atoms with van der Waals surface area (Å²) in [6.07, 6.45) is 3.73. The van der Waals surface area contributed by atoms with Gasteiger partial charge in [-0.15, -0.1) is 12.4 Å². The van der Waals surface area contributed by atoms with Crippen molar-refractivity contribution in [3.8, 4) is 0 Å². The van der Waals surface area contributed by atoms with E-state index >= 15 is 0 Å². The number of nitro benzene ring substituents is 1. The molecule has 8 nitrogen and oxygen atoms in total. The number of nitro groups is 1. The van der Waals surface area contributed by atoms with E-state index < -0.39 is 4.92 Å². The predicted molar refractivity (Wildman–Crippen MR) is 99.2 cm³/mol. The summed E-state index contributed by atoms with van der Waals surface area (Å²) in [5.41, 5.74) is 1.77. The zero-order chi connectivity index (χ0) is 18.0. The van der Waals surface area contributed by atoms with Gasteiger partial charge in [-0.25, -0.2) is 0 Å². The molecule has 1 fully saturated rings. The molecule has 3 atom stereocenters. The highest BCUT2D eigenvalue weighted by Gasteiger charge is 2.35. The standard InChI is InChI=1S/C17H21N5O3.ClH/c1-11(12-4-3-5-14(6-12)22(24)25)20-17(23)16-9-18-8-15(16)13-7-19-21(2)10-13;/h3-7,10-11,15-16,18H,8-9H2,1-2H3,(H,20,23);1H/t11?,15-,16+;/m1./s1. The summed E-state index contributed by atoms with van der Waals surface area (Å²) < 4.78 is 1.73. The monoisotopic (exact) mass is 379 g/mol. The summed E-state index contributed by atoms with van der Waals surface area (Å²) in [4.78, 5) is 23.2. The first kappa shape index (κ1) is 19.9. The van der Waals surface area contributed by atoms with E-state index in [9.17, 15) is 14.9 Å². The fraction of sp³-hybridized carbons (Fsp3) is 0.412. The summed E-state index contributed by atoms with van der Waals surface area (Å²) in [6, 6.07) is 6.05. The first-order valence-electron chi connectivity index (χ1n) is 8.19. The predicted octanol–water partition coefficient (Wildman–Crippen LogP) is 1.93. The van der Waals surface area contributed by atoms with Crippen LogP contribution in [0.15, 0.2) is 36.7 Å². The lowest BCUT2D eigenvalue weighted by molar-refractivity contribution is -0.384. The van der Waals surface area contributed by atoms with Crippen LogP contribution >= 0.6 is 12.4 Å². The number of non-ortho nitro benzene ring substituents is 1. The summed E-state index contributed by atoms with van der Waals surface area (Å²) >= 11 is 0. The van der Waals surface area contributed by atoms with Crippen molar-refractivity contribution in [2.45, 2.75) is 18.9 Å². The molecule has 1 amide bonds. The summed E-state index contributed by atoms with van der Waals surface area (Å²) in [7, 11) is 1.85. The van der Waals surface area contributed by atoms with Crippen molar-refractivity contribution in [2.24, 2.45) is 13.0 Å². The number of carbonyl (C=O) groups excluding carboxylic acids is 1. The minimum Gasteiger partial charge on any atom is -0.349 e. The number of nitrogens with one attached hydrogen (secondary N) is 2. The Labute approximate surface area is 157 Å². The molecule has 1 aromatic carbocycles. The lowest BCUT2D eigenvalue weighted by atomic mass is 9.90. The van der Waals surface area contributed by atoms with Gasteiger partial charge in [0.05, 0.1) is 23.1 Å². The SMILES string of the molecule is CC(NC(=O)[C@H]1CNC[C@@H]1c1cnn(C)c1)c1cccc([N+](=O)[O-])c1.Cl. The van der Waals surface area contributed by atoms with Crippen LogP contribution in [0.3, 0.4) is 0 Å². The molecule has 0 bridgehead atoms. The zero-order valence-electron chi connectivity index (χ0n) is 14.6. The molecule has 140 valence electrons. The van der Waals surface area contributed by atoms with Crippen LogP contribution in [0.4, 0.5) is 5.69 Å². The summed E-state index contributed by atoms with van der Waals surface area (Å²) in [5, 5.41) is 21.3. The number of hydrogen-bond donors (Lipinski definition) is 2. The third-order valence-corrected chi connectivity index (χ3v) is 4.64. The quantitative estimate of drug-likeness (QED) is 0.610. The summed E-state index contributed by atoms with van der Waals surface area (Å²) in [5.74, 6) is -0.172. The Morgan fingerprint density at radius 1 is 1.46 bits per heavy atom. The highest BCUT2D eigenvalue weighted by molar-refractivity contribution is 5.85. The van der Waals surface area contributed by atoms with Crippen LogP contribution in [-0.4, -0.2) is 33.7 Å². The van der Waals surface area contributed by atoms with Crippen molar-refractivity contribution in [2.75, 3.05) is 13.1 Å². The van der Waals surface area contributed by atoms with Gasteiger partial charge in [0.25, 0.3) is 5.69 Å². The third-order valence-electron chi connectivity index (χ3n) is 4.64. The van der Waals surface area contributed by atoms with Gasteiger partial charge in [-0.05, 0) is 18.1 Å². The number of hydrogen-bond acceptors (Lipinski definition) is 5. The van der Waals surface area contributed by atoms with Crippen molar-refractivity contribution < 1.29 is 9.72 Å². The molecule has 1 aromatic heterocycles. The molecule has 26 heavy (non-hydrogen) atoms. The van der Waals surface area contributed by atoms with Gasteiger partial charge in [-0.2, -0.15) is 5.10 Å². The molecule has 1 unspecified atom stereocenters. The highest BCUT2D eigenvalue weighted by atomic mass is 35.5. The van der Waals surface area contributed by atoms with Gasteiger partial charge in [0.15, 0.2) is 0 Å². The molecule has 1 aliphatic heterocycles. The largest absolute Gasteiger partial charge is 0.349 e. The number of aromatic nitrogens is 2. The normalized spacial score (nSPS) is 20.2. The van der Waals surface area contributed by atoms with Gasteiger partial charge in [0.1, 0.15) is 0 Å². The maximum absolute atomic E-state index is 12.7. The van der Waals surface area contributed by atoms with E-state index in [0.717, 1.165) is 12.1 Å². The van der Waals surface area contributed by atoms with Crippen LogP contribution in [0.1, 0.15) is 30.0 Å². The Bertz CT molecular complexity index is 794. The Hall–Kier alpha value is -2.45. The molecule has 0 spiro atoms. The topological polar surface area (TPSA) is 102 Å². The second-order valence-electron chi connectivity index (χ2n) is 6.40. The number of aryl methyl sites for hydroxylation is 1. The number of carbonyl (C=O) groups is 1. The van der Waals surface area contributed by atoms with Gasteiger partial charge >= 0.3 is 0 Å². The van der Waals surface area contributed by atoms with E-state index in [1.165, 1.54) is 12.1 Å². The molecular weight excluding hydrogens is 358 g/mol. The van der Waals surface area contributed by atoms with E-state index in [1.54, 1.807) is 23.0 Å². The molecule has 0 aliphatic carbocycles. The second kappa shape index (κ2) is 8.29. The average Bonchev–Trinajstić information content (AvgIpc) is 3.23. The Morgan fingerprint density at radius 2 is 2.23 bits per heavy atom. The molecule has 0 saturated carbocycles. The van der Waals surface area contributed by atoms with E-state index in [4.69, 9.17) is 0 Å². The third kappa shape index (κ3) is 4.20. The lowest BCUT2D eigenvalue weighted by Gasteiger charge is -2.20. The lowest BCUT2D eigenvalue weighted by Crippen LogP contribution is -2.36. The Morgan fingerprint density at radius 3 is 2.88 bits per heavy atom. The van der Waals surface area contributed by atoms with Gasteiger partial charge in [0.2, 0.25) is 5.91 Å². The van der Waals surface area contributed by atoms with Crippen molar-refractivity contribution >= 4 is 24.0 Å². The molecule has 9 heteroatoms. The number of benzene rings is 1. The molecular formula is C17H22ClN5O3. The molecule has 3 rings (SSSR count). The number of halogens is 1. The zero-order valence-corrected chi connectivity index (χ0v) is 15.4. The maximum Gasteiger partial charge on any atom is 0.269 e. The van der Waals surface area contributed by atoms with E-state index in [-0.39, 0.29) is 41.9 Å². The minimum absolute atomic E-state index is 0. The van der Waals surface area contributed by atoms with Crippen LogP contribution in [0, 0.1) is 16.0 Å². The molecule has 0 radical (unpaired) electrons. The van der Waals surface area contributed by atoms with Crippen LogP contribution in [0.5, 0.6) is 0 Å². The van der Waals surface area contributed by atoms with E-state index in [2.05, 4.69) is 15.7 Å². The smallest absolute Gasteiger partial charge is 0.269 e. The molecule has 2 heterocycles. The number of nitrogens with zero attached hydrogens (tertiary/aromatic N) is 3. The van der Waals surface area contributed by atoms with Gasteiger partial charge < -0.3 is 10.6 Å². The second-order valence-corrected chi connectivity index (χ2v) is 6.40. The minimum atomic E-state index is -0.433. The Balaban J connectivity index is 0.00000243. The van der Waals surface area contributed by atoms with Gasteiger partial charge in [0, 0.05) is 44.4 Å². The van der Waals surface area contributed by atoms with E-state index in [1.807, 2.05) is 20.2 Å². The molecule has 1 saturated heterocycles. The van der Waals surface area contributed by atoms with Crippen LogP contribution in [0.25, 0.3) is 0 Å². The van der Waals surface area contributed by atoms with Crippen molar-refractivity contribution in [1.29, 1.82) is 0 Å². The molecule has 2 aromatic rings. The molecule has 2 N–H and O–H groups in total. The molecule has 1 aliphatic rings. The number of rotatable bonds is 5. The first-order valence-corrected chi connectivity index (χ1v) is 8.19. The number of amides is 1. The maximum atomic E-state index is 12.7. The Kier molecular flexibility index (Phi) is 6.33. The van der Waals surface area contributed by atoms with Crippen molar-refractivity contribution in [3.05, 3.63) is 57.9 Å². The van der Waals surface area contributed by atoms with Gasteiger partial charge in [-0.1, -0.05) is 12.1 Å². The van der Waals surface area contributed by atoms with Crippen LogP contribution in [0.2, 0.25) is 0 Å². The van der Waals surface area contributed by atoms with Crippen molar-refractivity contribution in [3.63, 3.8) is 0 Å².